The Morgan fingerprint density at radius 2 is 2.24 bits per heavy atom. The number of aromatic nitrogens is 2. The zero-order valence-electron chi connectivity index (χ0n) is 11.2. The summed E-state index contributed by atoms with van der Waals surface area (Å²) in [6.07, 6.45) is 3.61. The molecule has 8 nitrogen and oxygen atoms in total. The van der Waals surface area contributed by atoms with E-state index in [0.717, 1.165) is 6.07 Å². The number of imidazole rings is 1. The van der Waals surface area contributed by atoms with Gasteiger partial charge >= 0.3 is 0 Å². The van der Waals surface area contributed by atoms with Crippen LogP contribution in [0.25, 0.3) is 0 Å². The zero-order valence-corrected chi connectivity index (χ0v) is 12.0. The molecule has 0 saturated carbocycles. The van der Waals surface area contributed by atoms with Crippen LogP contribution in [0.2, 0.25) is 0 Å². The van der Waals surface area contributed by atoms with Gasteiger partial charge in [-0.3, -0.25) is 10.1 Å². The Balaban J connectivity index is 2.29. The molecule has 9 heteroatoms. The number of aromatic amines is 1. The fraction of sp³-hybridized carbons (Fsp3) is 0.250. The Labute approximate surface area is 121 Å². The Morgan fingerprint density at radius 1 is 1.48 bits per heavy atom. The summed E-state index contributed by atoms with van der Waals surface area (Å²) >= 11 is 0. The third-order valence-corrected chi connectivity index (χ3v) is 4.36. The lowest BCUT2D eigenvalue weighted by Crippen LogP contribution is -2.29. The van der Waals surface area contributed by atoms with Crippen LogP contribution in [0.3, 0.4) is 0 Å². The van der Waals surface area contributed by atoms with Crippen LogP contribution in [-0.2, 0) is 10.0 Å². The largest absolute Gasteiger partial charge is 0.347 e. The van der Waals surface area contributed by atoms with Crippen LogP contribution < -0.4 is 4.72 Å². The Hall–Kier alpha value is -2.26. The van der Waals surface area contributed by atoms with Gasteiger partial charge in [0.05, 0.1) is 15.9 Å². The molecular formula is C12H14N4O4S. The van der Waals surface area contributed by atoms with E-state index in [-0.39, 0.29) is 10.6 Å². The van der Waals surface area contributed by atoms with Crippen molar-refractivity contribution in [2.24, 2.45) is 0 Å². The summed E-state index contributed by atoms with van der Waals surface area (Å²) in [5.41, 5.74) is -0.274. The van der Waals surface area contributed by atoms with E-state index in [1.807, 2.05) is 6.92 Å². The summed E-state index contributed by atoms with van der Waals surface area (Å²) in [7, 11) is -3.87. The van der Waals surface area contributed by atoms with Crippen molar-refractivity contribution in [1.82, 2.24) is 14.7 Å². The van der Waals surface area contributed by atoms with Gasteiger partial charge in [-0.05, 0) is 12.5 Å². The summed E-state index contributed by atoms with van der Waals surface area (Å²) < 4.78 is 27.1. The average Bonchev–Trinajstić information content (AvgIpc) is 2.99. The highest BCUT2D eigenvalue weighted by atomic mass is 32.2. The molecule has 0 aliphatic carbocycles. The highest BCUT2D eigenvalue weighted by Crippen LogP contribution is 2.20. The molecule has 0 saturated heterocycles. The molecule has 2 N–H and O–H groups in total. The molecule has 1 aromatic heterocycles. The van der Waals surface area contributed by atoms with Gasteiger partial charge in [0.15, 0.2) is 0 Å². The summed E-state index contributed by atoms with van der Waals surface area (Å²) in [6, 6.07) is 4.38. The van der Waals surface area contributed by atoms with E-state index in [4.69, 9.17) is 0 Å². The van der Waals surface area contributed by atoms with Crippen molar-refractivity contribution in [2.45, 2.75) is 24.3 Å². The summed E-state index contributed by atoms with van der Waals surface area (Å²) in [6.45, 7) is 1.81. The number of nitro benzene ring substituents is 1. The number of hydrogen-bond acceptors (Lipinski definition) is 5. The van der Waals surface area contributed by atoms with E-state index in [1.165, 1.54) is 24.4 Å². The van der Waals surface area contributed by atoms with Crippen molar-refractivity contribution in [1.29, 1.82) is 0 Å². The Bertz CT molecular complexity index is 727. The molecule has 0 aliphatic heterocycles. The number of H-pyrrole nitrogens is 1. The third-order valence-electron chi connectivity index (χ3n) is 2.89. The van der Waals surface area contributed by atoms with Gasteiger partial charge in [-0.1, -0.05) is 13.0 Å². The van der Waals surface area contributed by atoms with Crippen molar-refractivity contribution < 1.29 is 13.3 Å². The minimum Gasteiger partial charge on any atom is -0.347 e. The first-order chi connectivity index (χ1) is 9.94. The number of rotatable bonds is 6. The lowest BCUT2D eigenvalue weighted by molar-refractivity contribution is -0.385. The molecule has 0 spiro atoms. The molecule has 112 valence electrons. The number of nitrogens with one attached hydrogen (secondary N) is 2. The molecule has 1 unspecified atom stereocenters. The molecule has 2 aromatic rings. The molecule has 0 fully saturated rings. The zero-order chi connectivity index (χ0) is 15.5. The number of hydrogen-bond donors (Lipinski definition) is 2. The maximum Gasteiger partial charge on any atom is 0.270 e. The maximum absolute atomic E-state index is 12.3. The number of sulfonamides is 1. The number of nitrogens with zero attached hydrogens (tertiary/aromatic N) is 2. The maximum atomic E-state index is 12.3. The molecule has 1 heterocycles. The Kier molecular flexibility index (Phi) is 4.34. The number of non-ortho nitro benzene ring substituents is 1. The standard InChI is InChI=1S/C12H14N4O4S/c1-2-11(12-13-6-7-14-12)15-21(19,20)10-5-3-4-9(8-10)16(17)18/h3-8,11,15H,2H2,1H3,(H,13,14). The molecule has 0 radical (unpaired) electrons. The topological polar surface area (TPSA) is 118 Å². The molecule has 1 aromatic carbocycles. The molecule has 0 aliphatic rings. The fourth-order valence-corrected chi connectivity index (χ4v) is 3.14. The van der Waals surface area contributed by atoms with E-state index in [2.05, 4.69) is 14.7 Å². The van der Waals surface area contributed by atoms with Gasteiger partial charge in [-0.2, -0.15) is 0 Å². The number of nitro groups is 1. The van der Waals surface area contributed by atoms with Gasteiger partial charge in [-0.15, -0.1) is 0 Å². The predicted octanol–water partition coefficient (Wildman–Crippen LogP) is 1.75. The summed E-state index contributed by atoms with van der Waals surface area (Å²) in [5.74, 6) is 0.492. The SMILES string of the molecule is CCC(NS(=O)(=O)c1cccc([N+](=O)[O-])c1)c1ncc[nH]1. The van der Waals surface area contributed by atoms with Crippen molar-refractivity contribution in [3.63, 3.8) is 0 Å². The van der Waals surface area contributed by atoms with Gasteiger partial charge < -0.3 is 4.98 Å². The summed E-state index contributed by atoms with van der Waals surface area (Å²) in [4.78, 5) is 16.8. The molecule has 0 bridgehead atoms. The first-order valence-corrected chi connectivity index (χ1v) is 7.68. The molecule has 2 rings (SSSR count). The molecule has 0 amide bonds. The van der Waals surface area contributed by atoms with Gasteiger partial charge in [0, 0.05) is 24.5 Å². The van der Waals surface area contributed by atoms with Crippen molar-refractivity contribution in [3.05, 3.63) is 52.6 Å². The van der Waals surface area contributed by atoms with E-state index in [0.29, 0.717) is 12.2 Å². The first-order valence-electron chi connectivity index (χ1n) is 6.20. The van der Waals surface area contributed by atoms with Crippen LogP contribution in [0.4, 0.5) is 5.69 Å². The van der Waals surface area contributed by atoms with Crippen LogP contribution in [0.5, 0.6) is 0 Å². The molecule has 1 atom stereocenters. The lowest BCUT2D eigenvalue weighted by atomic mass is 10.2. The van der Waals surface area contributed by atoms with E-state index >= 15 is 0 Å². The van der Waals surface area contributed by atoms with Crippen LogP contribution in [0.15, 0.2) is 41.6 Å². The second kappa shape index (κ2) is 6.02. The van der Waals surface area contributed by atoms with E-state index < -0.39 is 21.0 Å². The molecule has 21 heavy (non-hydrogen) atoms. The summed E-state index contributed by atoms with van der Waals surface area (Å²) in [5, 5.41) is 10.7. The van der Waals surface area contributed by atoms with Gasteiger partial charge in [0.25, 0.3) is 5.69 Å². The second-order valence-electron chi connectivity index (χ2n) is 4.31. The van der Waals surface area contributed by atoms with Crippen molar-refractivity contribution >= 4 is 15.7 Å². The lowest BCUT2D eigenvalue weighted by Gasteiger charge is -2.14. The predicted molar refractivity (Wildman–Crippen MR) is 75.0 cm³/mol. The van der Waals surface area contributed by atoms with E-state index in [9.17, 15) is 18.5 Å². The monoisotopic (exact) mass is 310 g/mol. The van der Waals surface area contributed by atoms with Crippen LogP contribution >= 0.6 is 0 Å². The molecular weight excluding hydrogens is 296 g/mol. The Morgan fingerprint density at radius 3 is 2.81 bits per heavy atom. The average molecular weight is 310 g/mol. The van der Waals surface area contributed by atoms with Crippen molar-refractivity contribution in [2.75, 3.05) is 0 Å². The third kappa shape index (κ3) is 3.44. The van der Waals surface area contributed by atoms with Crippen LogP contribution in [0, 0.1) is 10.1 Å². The van der Waals surface area contributed by atoms with Gasteiger partial charge in [0.1, 0.15) is 5.82 Å². The quantitative estimate of drug-likeness (QED) is 0.622. The van der Waals surface area contributed by atoms with E-state index in [1.54, 1.807) is 6.20 Å². The minimum atomic E-state index is -3.87. The highest BCUT2D eigenvalue weighted by Gasteiger charge is 2.23. The van der Waals surface area contributed by atoms with Crippen LogP contribution in [-0.4, -0.2) is 23.3 Å². The first kappa shape index (κ1) is 15.1. The van der Waals surface area contributed by atoms with Gasteiger partial charge in [0.2, 0.25) is 10.0 Å². The minimum absolute atomic E-state index is 0.151. The van der Waals surface area contributed by atoms with Crippen LogP contribution in [0.1, 0.15) is 25.2 Å². The van der Waals surface area contributed by atoms with Crippen molar-refractivity contribution in [3.8, 4) is 0 Å². The fourth-order valence-electron chi connectivity index (χ4n) is 1.82. The number of benzene rings is 1. The smallest absolute Gasteiger partial charge is 0.270 e. The highest BCUT2D eigenvalue weighted by molar-refractivity contribution is 7.89. The second-order valence-corrected chi connectivity index (χ2v) is 6.02. The normalized spacial score (nSPS) is 13.0. The van der Waals surface area contributed by atoms with Gasteiger partial charge in [-0.25, -0.2) is 18.1 Å².